The summed E-state index contributed by atoms with van der Waals surface area (Å²) in [7, 11) is 0. The summed E-state index contributed by atoms with van der Waals surface area (Å²) in [6, 6.07) is 11.6. The zero-order chi connectivity index (χ0) is 15.8. The molecule has 0 aliphatic heterocycles. The van der Waals surface area contributed by atoms with Gasteiger partial charge in [-0.05, 0) is 24.3 Å². The first-order valence-electron chi connectivity index (χ1n) is 6.80. The van der Waals surface area contributed by atoms with E-state index in [0.717, 1.165) is 5.69 Å². The van der Waals surface area contributed by atoms with Gasteiger partial charge in [-0.1, -0.05) is 12.1 Å². The molecule has 0 saturated heterocycles. The van der Waals surface area contributed by atoms with E-state index in [-0.39, 0.29) is 17.9 Å². The Kier molecular flexibility index (Phi) is 5.44. The fraction of sp³-hybridized carbons (Fsp3) is 0.188. The first kappa shape index (κ1) is 15.4. The number of nitrogens with one attached hydrogen (secondary N) is 2. The minimum Gasteiger partial charge on any atom is -0.383 e. The number of carbonyl (C=O) groups is 1. The monoisotopic (exact) mass is 298 g/mol. The number of nitrogens with zero attached hydrogens (tertiary/aromatic N) is 2. The molecule has 5 nitrogen and oxygen atoms in total. The Morgan fingerprint density at radius 3 is 2.86 bits per heavy atom. The Morgan fingerprint density at radius 2 is 2.14 bits per heavy atom. The van der Waals surface area contributed by atoms with Crippen LogP contribution in [0.15, 0.2) is 42.6 Å². The average molecular weight is 298 g/mol. The maximum Gasteiger partial charge on any atom is 0.222 e. The largest absolute Gasteiger partial charge is 0.383 e. The fourth-order valence-electron chi connectivity index (χ4n) is 1.88. The minimum absolute atomic E-state index is 0.0450. The molecule has 0 saturated carbocycles. The van der Waals surface area contributed by atoms with Gasteiger partial charge in [0.25, 0.3) is 0 Å². The summed E-state index contributed by atoms with van der Waals surface area (Å²) in [5.41, 5.74) is 1.12. The lowest BCUT2D eigenvalue weighted by Crippen LogP contribution is -2.25. The number of pyridine rings is 1. The maximum absolute atomic E-state index is 13.4. The zero-order valence-electron chi connectivity index (χ0n) is 11.8. The quantitative estimate of drug-likeness (QED) is 0.857. The van der Waals surface area contributed by atoms with Crippen molar-refractivity contribution in [3.8, 4) is 6.07 Å². The van der Waals surface area contributed by atoms with Crippen molar-refractivity contribution in [1.82, 2.24) is 10.3 Å². The zero-order valence-corrected chi connectivity index (χ0v) is 11.8. The summed E-state index contributed by atoms with van der Waals surface area (Å²) >= 11 is 0. The Bertz CT molecular complexity index is 682. The summed E-state index contributed by atoms with van der Waals surface area (Å²) in [6.45, 7) is 0.676. The molecule has 22 heavy (non-hydrogen) atoms. The van der Waals surface area contributed by atoms with Crippen LogP contribution in [0.3, 0.4) is 0 Å². The van der Waals surface area contributed by atoms with Gasteiger partial charge in [0.2, 0.25) is 5.91 Å². The van der Waals surface area contributed by atoms with Crippen LogP contribution in [0.2, 0.25) is 0 Å². The minimum atomic E-state index is -0.577. The SMILES string of the molecule is N#Cc1c(F)cccc1NCCC(=O)NCc1ccccn1. The van der Waals surface area contributed by atoms with E-state index in [1.165, 1.54) is 12.1 Å². The van der Waals surface area contributed by atoms with Crippen LogP contribution in [-0.2, 0) is 11.3 Å². The third-order valence-corrected chi connectivity index (χ3v) is 2.99. The van der Waals surface area contributed by atoms with E-state index in [1.807, 2.05) is 12.1 Å². The average Bonchev–Trinajstić information content (AvgIpc) is 2.54. The Labute approximate surface area is 127 Å². The summed E-state index contributed by atoms with van der Waals surface area (Å²) in [6.07, 6.45) is 1.88. The molecule has 0 bridgehead atoms. The van der Waals surface area contributed by atoms with Crippen LogP contribution in [0.1, 0.15) is 17.7 Å². The Balaban J connectivity index is 1.78. The van der Waals surface area contributed by atoms with E-state index in [4.69, 9.17) is 5.26 Å². The lowest BCUT2D eigenvalue weighted by molar-refractivity contribution is -0.121. The van der Waals surface area contributed by atoms with Crippen LogP contribution in [-0.4, -0.2) is 17.4 Å². The number of benzene rings is 1. The number of halogens is 1. The van der Waals surface area contributed by atoms with E-state index >= 15 is 0 Å². The lowest BCUT2D eigenvalue weighted by atomic mass is 10.2. The number of anilines is 1. The van der Waals surface area contributed by atoms with Crippen molar-refractivity contribution in [2.24, 2.45) is 0 Å². The van der Waals surface area contributed by atoms with Gasteiger partial charge in [0, 0.05) is 19.2 Å². The van der Waals surface area contributed by atoms with Crippen LogP contribution in [0, 0.1) is 17.1 Å². The fourth-order valence-corrected chi connectivity index (χ4v) is 1.88. The van der Waals surface area contributed by atoms with Crippen molar-refractivity contribution >= 4 is 11.6 Å². The van der Waals surface area contributed by atoms with E-state index < -0.39 is 5.82 Å². The van der Waals surface area contributed by atoms with E-state index in [9.17, 15) is 9.18 Å². The predicted octanol–water partition coefficient (Wildman–Crippen LogP) is 2.21. The molecule has 1 heterocycles. The van der Waals surface area contributed by atoms with Crippen molar-refractivity contribution in [2.45, 2.75) is 13.0 Å². The summed E-state index contributed by atoms with van der Waals surface area (Å²) in [5.74, 6) is -0.722. The molecule has 0 unspecified atom stereocenters. The molecule has 6 heteroatoms. The van der Waals surface area contributed by atoms with Gasteiger partial charge >= 0.3 is 0 Å². The highest BCUT2D eigenvalue weighted by atomic mass is 19.1. The highest BCUT2D eigenvalue weighted by molar-refractivity contribution is 5.76. The summed E-state index contributed by atoms with van der Waals surface area (Å²) < 4.78 is 13.4. The molecule has 1 amide bonds. The highest BCUT2D eigenvalue weighted by Gasteiger charge is 2.08. The molecule has 1 aromatic carbocycles. The Hall–Kier alpha value is -2.94. The maximum atomic E-state index is 13.4. The predicted molar refractivity (Wildman–Crippen MR) is 80.3 cm³/mol. The summed E-state index contributed by atoms with van der Waals surface area (Å²) in [5, 5.41) is 14.5. The van der Waals surface area contributed by atoms with Crippen LogP contribution in [0.5, 0.6) is 0 Å². The molecule has 0 radical (unpaired) electrons. The molecule has 0 spiro atoms. The van der Waals surface area contributed by atoms with E-state index in [1.54, 1.807) is 24.4 Å². The molecule has 0 fully saturated rings. The van der Waals surface area contributed by atoms with Crippen molar-refractivity contribution in [3.05, 3.63) is 59.7 Å². The van der Waals surface area contributed by atoms with Gasteiger partial charge < -0.3 is 10.6 Å². The molecule has 0 aliphatic carbocycles. The molecule has 0 atom stereocenters. The second-order valence-corrected chi connectivity index (χ2v) is 4.55. The van der Waals surface area contributed by atoms with Gasteiger partial charge in [-0.3, -0.25) is 9.78 Å². The highest BCUT2D eigenvalue weighted by Crippen LogP contribution is 2.17. The van der Waals surface area contributed by atoms with Crippen molar-refractivity contribution in [3.63, 3.8) is 0 Å². The normalized spacial score (nSPS) is 9.82. The van der Waals surface area contributed by atoms with Crippen molar-refractivity contribution in [1.29, 1.82) is 5.26 Å². The molecular formula is C16H15FN4O. The number of nitriles is 1. The Morgan fingerprint density at radius 1 is 1.27 bits per heavy atom. The number of amides is 1. The standard InChI is InChI=1S/C16H15FN4O/c17-14-5-3-6-15(13(14)10-18)20-9-7-16(22)21-11-12-4-1-2-8-19-12/h1-6,8,20H,7,9,11H2,(H,21,22). The molecule has 2 aromatic rings. The molecule has 1 aromatic heterocycles. The smallest absolute Gasteiger partial charge is 0.222 e. The van der Waals surface area contributed by atoms with Crippen LogP contribution in [0.25, 0.3) is 0 Å². The summed E-state index contributed by atoms with van der Waals surface area (Å²) in [4.78, 5) is 15.8. The molecular weight excluding hydrogens is 283 g/mol. The third-order valence-electron chi connectivity index (χ3n) is 2.99. The van der Waals surface area contributed by atoms with Crippen molar-refractivity contribution in [2.75, 3.05) is 11.9 Å². The second kappa shape index (κ2) is 7.74. The number of hydrogen-bond acceptors (Lipinski definition) is 4. The van der Waals surface area contributed by atoms with Crippen molar-refractivity contribution < 1.29 is 9.18 Å². The second-order valence-electron chi connectivity index (χ2n) is 4.55. The molecule has 2 rings (SSSR count). The van der Waals surface area contributed by atoms with Gasteiger partial charge in [-0.2, -0.15) is 5.26 Å². The van der Waals surface area contributed by atoms with Crippen LogP contribution < -0.4 is 10.6 Å². The number of aromatic nitrogens is 1. The van der Waals surface area contributed by atoms with Crippen LogP contribution in [0.4, 0.5) is 10.1 Å². The van der Waals surface area contributed by atoms with Gasteiger partial charge in [0.05, 0.1) is 17.9 Å². The first-order valence-corrected chi connectivity index (χ1v) is 6.80. The molecule has 112 valence electrons. The van der Waals surface area contributed by atoms with Gasteiger partial charge in [0.15, 0.2) is 0 Å². The number of hydrogen-bond donors (Lipinski definition) is 2. The molecule has 0 aliphatic rings. The lowest BCUT2D eigenvalue weighted by Gasteiger charge is -2.09. The topological polar surface area (TPSA) is 77.8 Å². The number of carbonyl (C=O) groups excluding carboxylic acids is 1. The first-order chi connectivity index (χ1) is 10.7. The third kappa shape index (κ3) is 4.28. The van der Waals surface area contributed by atoms with E-state index in [0.29, 0.717) is 18.8 Å². The van der Waals surface area contributed by atoms with Gasteiger partial charge in [-0.25, -0.2) is 4.39 Å². The van der Waals surface area contributed by atoms with E-state index in [2.05, 4.69) is 15.6 Å². The van der Waals surface area contributed by atoms with Gasteiger partial charge in [-0.15, -0.1) is 0 Å². The number of rotatable bonds is 6. The van der Waals surface area contributed by atoms with Crippen LogP contribution >= 0.6 is 0 Å². The van der Waals surface area contributed by atoms with Gasteiger partial charge in [0.1, 0.15) is 17.4 Å². The molecule has 2 N–H and O–H groups in total.